The first-order chi connectivity index (χ1) is 10.1. The van der Waals surface area contributed by atoms with Gasteiger partial charge in [-0.2, -0.15) is 0 Å². The van der Waals surface area contributed by atoms with Crippen molar-refractivity contribution in [1.29, 1.82) is 0 Å². The second kappa shape index (κ2) is 12.5. The van der Waals surface area contributed by atoms with E-state index < -0.39 is 0 Å². The fourth-order valence-electron chi connectivity index (χ4n) is 2.40. The second-order valence-corrected chi connectivity index (χ2v) is 5.57. The van der Waals surface area contributed by atoms with E-state index in [1.807, 2.05) is 6.21 Å². The maximum absolute atomic E-state index is 4.60. The van der Waals surface area contributed by atoms with E-state index in [0.29, 0.717) is 6.04 Å². The van der Waals surface area contributed by atoms with E-state index in [1.165, 1.54) is 31.3 Å². The molecule has 0 aromatic rings. The normalized spacial score (nSPS) is 12.0. The summed E-state index contributed by atoms with van der Waals surface area (Å²) in [6, 6.07) is 0.553. The van der Waals surface area contributed by atoms with E-state index >= 15 is 0 Å². The topological polar surface area (TPSA) is 15.6 Å². The highest BCUT2D eigenvalue weighted by Gasteiger charge is 2.18. The van der Waals surface area contributed by atoms with E-state index in [4.69, 9.17) is 0 Å². The highest BCUT2D eigenvalue weighted by atomic mass is 15.2. The SMILES string of the molecule is C=C=C(/N=C\C=C(/C)CC)N(CCC)C(CCC)CCC. The first-order valence-corrected chi connectivity index (χ1v) is 8.50. The first-order valence-electron chi connectivity index (χ1n) is 8.50. The molecule has 120 valence electrons. The molecule has 0 aliphatic heterocycles. The lowest BCUT2D eigenvalue weighted by Gasteiger charge is -2.32. The van der Waals surface area contributed by atoms with E-state index in [9.17, 15) is 0 Å². The minimum absolute atomic E-state index is 0.553. The average Bonchev–Trinajstić information content (AvgIpc) is 2.49. The molecule has 0 saturated heterocycles. The molecule has 0 aliphatic rings. The number of rotatable bonds is 11. The van der Waals surface area contributed by atoms with Crippen LogP contribution in [0, 0.1) is 0 Å². The molecule has 0 aromatic carbocycles. The van der Waals surface area contributed by atoms with Crippen molar-refractivity contribution in [1.82, 2.24) is 4.90 Å². The zero-order chi connectivity index (χ0) is 16.1. The number of allylic oxidation sites excluding steroid dienone is 2. The van der Waals surface area contributed by atoms with Crippen LogP contribution in [0.1, 0.15) is 73.1 Å². The molecular weight excluding hydrogens is 256 g/mol. The van der Waals surface area contributed by atoms with Crippen LogP contribution < -0.4 is 0 Å². The summed E-state index contributed by atoms with van der Waals surface area (Å²) in [6.45, 7) is 15.9. The van der Waals surface area contributed by atoms with Crippen LogP contribution in [0.5, 0.6) is 0 Å². The summed E-state index contributed by atoms with van der Waals surface area (Å²) >= 11 is 0. The monoisotopic (exact) mass is 290 g/mol. The van der Waals surface area contributed by atoms with Gasteiger partial charge in [-0.3, -0.25) is 0 Å². The van der Waals surface area contributed by atoms with Crippen LogP contribution in [0.3, 0.4) is 0 Å². The molecule has 0 spiro atoms. The molecule has 0 radical (unpaired) electrons. The van der Waals surface area contributed by atoms with Gasteiger partial charge in [0.2, 0.25) is 0 Å². The predicted molar refractivity (Wildman–Crippen MR) is 95.8 cm³/mol. The molecule has 0 atom stereocenters. The Morgan fingerprint density at radius 2 is 1.76 bits per heavy atom. The molecule has 0 unspecified atom stereocenters. The predicted octanol–water partition coefficient (Wildman–Crippen LogP) is 5.72. The lowest BCUT2D eigenvalue weighted by molar-refractivity contribution is 0.224. The van der Waals surface area contributed by atoms with Crippen molar-refractivity contribution < 1.29 is 0 Å². The van der Waals surface area contributed by atoms with Gasteiger partial charge in [-0.05, 0) is 38.7 Å². The van der Waals surface area contributed by atoms with E-state index in [2.05, 4.69) is 62.9 Å². The highest BCUT2D eigenvalue weighted by molar-refractivity contribution is 5.73. The molecule has 0 bridgehead atoms. The van der Waals surface area contributed by atoms with Crippen molar-refractivity contribution in [2.75, 3.05) is 6.54 Å². The van der Waals surface area contributed by atoms with Crippen LogP contribution in [0.2, 0.25) is 0 Å². The van der Waals surface area contributed by atoms with Gasteiger partial charge in [0.15, 0.2) is 5.82 Å². The van der Waals surface area contributed by atoms with Gasteiger partial charge >= 0.3 is 0 Å². The van der Waals surface area contributed by atoms with Gasteiger partial charge < -0.3 is 4.90 Å². The Morgan fingerprint density at radius 3 is 2.19 bits per heavy atom. The summed E-state index contributed by atoms with van der Waals surface area (Å²) in [4.78, 5) is 7.00. The minimum atomic E-state index is 0.553. The third kappa shape index (κ3) is 7.92. The van der Waals surface area contributed by atoms with Gasteiger partial charge in [-0.1, -0.05) is 58.4 Å². The van der Waals surface area contributed by atoms with Crippen molar-refractivity contribution in [2.45, 2.75) is 79.2 Å². The smallest absolute Gasteiger partial charge is 0.172 e. The molecule has 0 rings (SSSR count). The summed E-state index contributed by atoms with van der Waals surface area (Å²) in [5.41, 5.74) is 4.38. The Balaban J connectivity index is 5.14. The van der Waals surface area contributed by atoms with Crippen molar-refractivity contribution in [3.63, 3.8) is 0 Å². The molecule has 0 saturated carbocycles. The maximum atomic E-state index is 4.60. The largest absolute Gasteiger partial charge is 0.347 e. The van der Waals surface area contributed by atoms with Gasteiger partial charge in [-0.15, -0.1) is 0 Å². The molecular formula is C19H34N2. The number of nitrogens with zero attached hydrogens (tertiary/aromatic N) is 2. The summed E-state index contributed by atoms with van der Waals surface area (Å²) in [5, 5.41) is 0. The zero-order valence-electron chi connectivity index (χ0n) is 14.8. The average molecular weight is 290 g/mol. The Labute approximate surface area is 132 Å². The summed E-state index contributed by atoms with van der Waals surface area (Å²) in [7, 11) is 0. The lowest BCUT2D eigenvalue weighted by Crippen LogP contribution is -2.34. The van der Waals surface area contributed by atoms with Crippen molar-refractivity contribution in [3.8, 4) is 0 Å². The molecule has 2 nitrogen and oxygen atoms in total. The number of hydrogen-bond donors (Lipinski definition) is 0. The highest BCUT2D eigenvalue weighted by Crippen LogP contribution is 2.19. The van der Waals surface area contributed by atoms with Crippen LogP contribution in [0.4, 0.5) is 0 Å². The molecule has 0 heterocycles. The van der Waals surface area contributed by atoms with Gasteiger partial charge in [0.25, 0.3) is 0 Å². The molecule has 0 aliphatic carbocycles. The quantitative estimate of drug-likeness (QED) is 0.351. The lowest BCUT2D eigenvalue weighted by atomic mass is 10.0. The Bertz CT molecular complexity index is 367. The van der Waals surface area contributed by atoms with Crippen LogP contribution in [-0.4, -0.2) is 23.7 Å². The van der Waals surface area contributed by atoms with Crippen LogP contribution >= 0.6 is 0 Å². The van der Waals surface area contributed by atoms with Gasteiger partial charge in [0.1, 0.15) is 0 Å². The van der Waals surface area contributed by atoms with Crippen LogP contribution in [0.15, 0.2) is 34.8 Å². The fourth-order valence-corrected chi connectivity index (χ4v) is 2.40. The molecule has 21 heavy (non-hydrogen) atoms. The second-order valence-electron chi connectivity index (χ2n) is 5.57. The third-order valence-corrected chi connectivity index (χ3v) is 3.69. The van der Waals surface area contributed by atoms with Crippen molar-refractivity contribution in [3.05, 3.63) is 29.8 Å². The molecule has 2 heteroatoms. The summed E-state index contributed by atoms with van der Waals surface area (Å²) in [5.74, 6) is 0.893. The molecule has 0 fully saturated rings. The van der Waals surface area contributed by atoms with Crippen molar-refractivity contribution >= 4 is 6.21 Å². The van der Waals surface area contributed by atoms with Gasteiger partial charge in [-0.25, -0.2) is 4.99 Å². The standard InChI is InChI=1S/C19H34N2/c1-7-12-18(13-8-2)21(16-9-3)19(11-5)20-15-14-17(6)10-4/h14-15,18H,5,7-10,12-13,16H2,1-4,6H3/b17-14+,20-15-. The maximum Gasteiger partial charge on any atom is 0.172 e. The molecule has 0 amide bonds. The van der Waals surface area contributed by atoms with E-state index in [-0.39, 0.29) is 0 Å². The fraction of sp³-hybridized carbons (Fsp3) is 0.684. The zero-order valence-corrected chi connectivity index (χ0v) is 14.8. The van der Waals surface area contributed by atoms with Crippen molar-refractivity contribution in [2.24, 2.45) is 4.99 Å². The minimum Gasteiger partial charge on any atom is -0.347 e. The Kier molecular flexibility index (Phi) is 11.7. The van der Waals surface area contributed by atoms with Crippen LogP contribution in [-0.2, 0) is 0 Å². The summed E-state index contributed by atoms with van der Waals surface area (Å²) < 4.78 is 0. The van der Waals surface area contributed by atoms with E-state index in [1.54, 1.807) is 0 Å². The van der Waals surface area contributed by atoms with Gasteiger partial charge in [0.05, 0.1) is 0 Å². The number of aliphatic imine (C=N–C) groups is 1. The summed E-state index contributed by atoms with van der Waals surface area (Å²) in [6.07, 6.45) is 11.0. The third-order valence-electron chi connectivity index (χ3n) is 3.69. The van der Waals surface area contributed by atoms with Gasteiger partial charge in [0, 0.05) is 18.8 Å². The Hall–Kier alpha value is -1.27. The Morgan fingerprint density at radius 1 is 1.14 bits per heavy atom. The molecule has 0 aromatic heterocycles. The first kappa shape index (κ1) is 19.7. The van der Waals surface area contributed by atoms with Crippen LogP contribution in [0.25, 0.3) is 0 Å². The molecule has 0 N–H and O–H groups in total. The number of hydrogen-bond acceptors (Lipinski definition) is 2. The van der Waals surface area contributed by atoms with E-state index in [0.717, 1.165) is 25.2 Å².